The molecular formula is C72H114N4O8S8+2. The Hall–Kier alpha value is -6.22. The van der Waals surface area contributed by atoms with E-state index in [0.29, 0.717) is 26.4 Å². The number of rotatable bonds is 30. The summed E-state index contributed by atoms with van der Waals surface area (Å²) < 4.78 is 52.0. The normalized spacial score (nSPS) is 9.76. The van der Waals surface area contributed by atoms with Gasteiger partial charge in [-0.1, -0.05) is 120 Å². The summed E-state index contributed by atoms with van der Waals surface area (Å²) >= 11 is 29.3. The molecule has 0 radical (unpaired) electrons. The molecule has 4 aromatic rings. The molecule has 12 nitrogen and oxygen atoms in total. The van der Waals surface area contributed by atoms with E-state index in [1.165, 1.54) is 43.5 Å². The van der Waals surface area contributed by atoms with Crippen LogP contribution < -0.4 is 14.4 Å². The third-order valence-corrected chi connectivity index (χ3v) is 12.6. The van der Waals surface area contributed by atoms with Gasteiger partial charge in [0.15, 0.2) is 0 Å². The molecule has 0 bridgehead atoms. The fourth-order valence-corrected chi connectivity index (χ4v) is 6.65. The summed E-state index contributed by atoms with van der Waals surface area (Å²) in [6, 6.07) is 29.7. The lowest BCUT2D eigenvalue weighted by Crippen LogP contribution is -2.26. The van der Waals surface area contributed by atoms with Gasteiger partial charge in [-0.3, -0.25) is 19.7 Å². The van der Waals surface area contributed by atoms with Crippen LogP contribution in [0.4, 0.5) is 22.7 Å². The quantitative estimate of drug-likeness (QED) is 0.0123. The van der Waals surface area contributed by atoms with E-state index >= 15 is 0 Å². The van der Waals surface area contributed by atoms with Crippen LogP contribution in [0.3, 0.4) is 0 Å². The van der Waals surface area contributed by atoms with E-state index in [0.717, 1.165) is 111 Å². The smallest absolute Gasteiger partial charge is 0.340 e. The Morgan fingerprint density at radius 3 is 1.28 bits per heavy atom. The minimum Gasteiger partial charge on any atom is -0.494 e. The fourth-order valence-electron chi connectivity index (χ4n) is 6.65. The highest BCUT2D eigenvalue weighted by atomic mass is 32.8. The van der Waals surface area contributed by atoms with Gasteiger partial charge in [-0.15, -0.1) is 38.5 Å². The molecule has 0 saturated heterocycles. The molecule has 0 fully saturated rings. The number of nitro groups is 1. The molecule has 0 spiro atoms. The van der Waals surface area contributed by atoms with Gasteiger partial charge in [0.2, 0.25) is 0 Å². The number of hydrogen-bond acceptors (Lipinski definition) is 17. The molecule has 2 unspecified atom stereocenters. The zero-order valence-electron chi connectivity index (χ0n) is 63.4. The first kappa shape index (κ1) is 96.9. The molecular weight excluding hydrogens is 1310 g/mol. The van der Waals surface area contributed by atoms with E-state index in [1.807, 2.05) is 149 Å². The Morgan fingerprint density at radius 2 is 0.924 bits per heavy atom. The van der Waals surface area contributed by atoms with Crippen molar-refractivity contribution < 1.29 is 42.4 Å². The van der Waals surface area contributed by atoms with Crippen LogP contribution in [0.2, 0.25) is 0 Å². The van der Waals surface area contributed by atoms with Crippen LogP contribution in [0.5, 0.6) is 11.5 Å². The molecule has 0 aliphatic heterocycles. The fraction of sp³-hybridized carbons (Fsp3) is 0.500. The second kappa shape index (κ2) is 82.8. The second-order valence-electron chi connectivity index (χ2n) is 18.8. The number of nitrogens with zero attached hydrogens (tertiary/aromatic N) is 4. The number of carbonyl (C=O) groups is 2. The third-order valence-electron chi connectivity index (χ3n) is 12.6. The highest BCUT2D eigenvalue weighted by Crippen LogP contribution is 2.23. The van der Waals surface area contributed by atoms with Crippen molar-refractivity contribution >= 4 is 136 Å². The zero-order valence-corrected chi connectivity index (χ0v) is 64.0. The zero-order chi connectivity index (χ0) is 79.0. The van der Waals surface area contributed by atoms with Gasteiger partial charge < -0.3 is 23.8 Å². The predicted molar refractivity (Wildman–Crippen MR) is 426 cm³/mol. The number of carbonyl (C=O) groups excluding carboxylic acids is 2. The lowest BCUT2D eigenvalue weighted by atomic mass is 9.91. The monoisotopic (exact) mass is 1420 g/mol. The molecule has 4 rings (SSSR count). The molecule has 0 aliphatic carbocycles. The second-order valence-corrected chi connectivity index (χ2v) is 18.8. The van der Waals surface area contributed by atoms with Gasteiger partial charge in [-0.25, -0.2) is 0 Å². The summed E-state index contributed by atoms with van der Waals surface area (Å²) in [6.07, 6.45) is 42.6. The Balaban J connectivity index is -0.0000000989. The summed E-state index contributed by atoms with van der Waals surface area (Å²) in [6.45, 7) is 40.2. The van der Waals surface area contributed by atoms with Crippen molar-refractivity contribution in [3.8, 4) is 63.2 Å². The van der Waals surface area contributed by atoms with Crippen molar-refractivity contribution in [2.45, 2.75) is 180 Å². The molecule has 4 aromatic carbocycles. The van der Waals surface area contributed by atoms with E-state index in [4.69, 9.17) is 41.0 Å². The number of esters is 2. The first-order chi connectivity index (χ1) is 47.7. The van der Waals surface area contributed by atoms with Crippen molar-refractivity contribution in [3.63, 3.8) is 0 Å². The largest absolute Gasteiger partial charge is 0.494 e. The van der Waals surface area contributed by atoms with E-state index in [-0.39, 0.29) is 23.5 Å². The standard InChI is InChI=1S/C26H33NO5.C18H26NO3.C16H25N2.3C2H6.3C2H2.4S2.3H2/c1-4-26(2,3)25(28)32-20-8-6-5-7-19-31-24-17-13-22(14-18-24)10-9-21-11-15-23(16-12-21)27(29)30;1-4-15(2)18(20)22-14-8-6-5-7-13-21-17-11-9-16(19-3)10-12-17;1-5-14(2)8-6-7-13-18(4)16-11-9-15(17-3)10-12-16;10*1-2;;;/h9-18H,4-8,19-20H2,1-3H3;3,9-12,15H,4-8,13-14H2,1-2H3;3,9-12,14H,5-8,13H2,1-2,4H3;3*1-2H3;3*1-2H;;;;;3*1H/q;2*+1;;;;;;;;;;;;;/b10-9+;;;;;;;;;;;;;;;/i;;;;;;;;;;;;;3*1+1D. The summed E-state index contributed by atoms with van der Waals surface area (Å²) in [7, 11) is 2.14. The maximum Gasteiger partial charge on any atom is 0.340 e. The van der Waals surface area contributed by atoms with Gasteiger partial charge in [0, 0.05) is 154 Å². The van der Waals surface area contributed by atoms with Gasteiger partial charge >= 0.3 is 23.3 Å². The van der Waals surface area contributed by atoms with E-state index < -0.39 is 10.3 Å². The molecule has 20 heteroatoms. The topological polar surface area (TPSA) is 126 Å². The number of ether oxygens (including phenoxy) is 4. The minimum atomic E-state index is -0.405. The number of non-ortho nitro benzene ring substituents is 1. The third kappa shape index (κ3) is 61.3. The van der Waals surface area contributed by atoms with Crippen molar-refractivity contribution in [2.75, 3.05) is 44.9 Å². The SMILES string of the molecule is C#C.C#C.C#C.C#[N+]c1ccc(N(C)CCCCC(C)CC)cc1.C#[N+]c1ccc(OCCCCCCOC(=O)C(C)CC)cc1.CC.CC.CC.CCC(C)(C)C(=O)OCCCCCCOc1ccc(/C=C/c2ccc([N+](=O)[O-])cc2)cc1.S=S.S=S.S=S.S=S.[2H][2H].[2H][2H].[2H][2H]. The van der Waals surface area contributed by atoms with Gasteiger partial charge in [0.1, 0.15) is 11.5 Å². The van der Waals surface area contributed by atoms with Crippen LogP contribution in [0.1, 0.15) is 200 Å². The lowest BCUT2D eigenvalue weighted by Gasteiger charge is -2.20. The number of terminal acetylenes is 3. The maximum atomic E-state index is 11.9. The number of benzene rings is 4. The van der Waals surface area contributed by atoms with Crippen LogP contribution in [0, 0.1) is 79.0 Å². The Bertz CT molecular complexity index is 2500. The summed E-state index contributed by atoms with van der Waals surface area (Å²) in [5, 5.41) is 10.7. The van der Waals surface area contributed by atoms with Gasteiger partial charge in [-0.2, -0.15) is 0 Å². The van der Waals surface area contributed by atoms with E-state index in [2.05, 4.69) is 176 Å². The molecule has 516 valence electrons. The van der Waals surface area contributed by atoms with Gasteiger partial charge in [0.25, 0.3) is 18.8 Å². The summed E-state index contributed by atoms with van der Waals surface area (Å²) in [5.41, 5.74) is 4.40. The van der Waals surface area contributed by atoms with Crippen LogP contribution in [0.25, 0.3) is 21.8 Å². The van der Waals surface area contributed by atoms with Crippen molar-refractivity contribution in [3.05, 3.63) is 128 Å². The molecule has 92 heavy (non-hydrogen) atoms. The average Bonchev–Trinajstić information content (AvgIpc) is 1.09. The van der Waals surface area contributed by atoms with Crippen molar-refractivity contribution in [1.29, 1.82) is 0 Å². The Labute approximate surface area is 607 Å². The molecule has 2 atom stereocenters. The minimum absolute atomic E-state index is 0.00635. The van der Waals surface area contributed by atoms with Crippen molar-refractivity contribution in [2.24, 2.45) is 17.3 Å². The van der Waals surface area contributed by atoms with Crippen molar-refractivity contribution in [1.82, 2.24) is 0 Å². The maximum absolute atomic E-state index is 11.9. The summed E-state index contributed by atoms with van der Waals surface area (Å²) in [4.78, 5) is 43.2. The van der Waals surface area contributed by atoms with E-state index in [9.17, 15) is 19.7 Å². The van der Waals surface area contributed by atoms with Crippen LogP contribution >= 0.6 is 0 Å². The summed E-state index contributed by atoms with van der Waals surface area (Å²) in [5.74, 6) is 2.32. The Morgan fingerprint density at radius 1 is 0.565 bits per heavy atom. The predicted octanol–water partition coefficient (Wildman–Crippen LogP) is 21.0. The number of nitro benzene ring substituents is 1. The van der Waals surface area contributed by atoms with E-state index in [1.54, 1.807) is 12.1 Å². The molecule has 0 heterocycles. The molecule has 0 saturated carbocycles. The average molecular weight is 1430 g/mol. The van der Waals surface area contributed by atoms with Crippen LogP contribution in [-0.2, 0) is 109 Å². The molecule has 0 amide bonds. The first-order valence-corrected chi connectivity index (χ1v) is 36.0. The highest BCUT2D eigenvalue weighted by Gasteiger charge is 2.26. The molecule has 0 aliphatic rings. The number of unbranched alkanes of at least 4 members (excludes halogenated alkanes) is 7. The Kier molecular flexibility index (Phi) is 87.2. The first-order valence-electron chi connectivity index (χ1n) is 33.7. The van der Waals surface area contributed by atoms with Crippen LogP contribution in [-0.4, -0.2) is 56.9 Å². The number of hydrogen-bond donors (Lipinski definition) is 0. The van der Waals surface area contributed by atoms with Gasteiger partial charge in [-0.05, 0) is 160 Å². The highest BCUT2D eigenvalue weighted by molar-refractivity contribution is 8.08. The molecule has 0 N–H and O–H groups in total. The van der Waals surface area contributed by atoms with Gasteiger partial charge in [0.05, 0.1) is 42.7 Å². The number of anilines is 1. The lowest BCUT2D eigenvalue weighted by molar-refractivity contribution is -0.384. The molecule has 0 aromatic heterocycles. The van der Waals surface area contributed by atoms with Crippen LogP contribution in [0.15, 0.2) is 97.1 Å².